The molecule has 9 rings (SSSR count). The second-order valence-electron chi connectivity index (χ2n) is 12.5. The standard InChI is InChI=1S/C43H32N4/c1-27-21-22-40-34(23-27)33-17-9-10-18-37(33)46(40)41-25-29(3)28(2)24-35(41)36-26-42(45-43(44-36)30-13-5-4-6-14-30)47-38-19-11-7-15-31(38)32-16-8-12-20-39(32)47/h4-26H,1-3H3. The van der Waals surface area contributed by atoms with Gasteiger partial charge in [0.25, 0.3) is 0 Å². The van der Waals surface area contributed by atoms with Crippen molar-refractivity contribution in [3.8, 4) is 34.2 Å². The molecule has 0 amide bonds. The zero-order valence-corrected chi connectivity index (χ0v) is 26.6. The summed E-state index contributed by atoms with van der Waals surface area (Å²) in [5.41, 5.74) is 12.3. The molecule has 0 spiro atoms. The van der Waals surface area contributed by atoms with Crippen molar-refractivity contribution in [2.24, 2.45) is 0 Å². The van der Waals surface area contributed by atoms with Crippen LogP contribution < -0.4 is 0 Å². The lowest BCUT2D eigenvalue weighted by Crippen LogP contribution is -2.05. The summed E-state index contributed by atoms with van der Waals surface area (Å²) in [5, 5.41) is 4.91. The molecule has 3 heterocycles. The van der Waals surface area contributed by atoms with Gasteiger partial charge in [-0.15, -0.1) is 0 Å². The van der Waals surface area contributed by atoms with Crippen LogP contribution in [0, 0.1) is 20.8 Å². The van der Waals surface area contributed by atoms with Gasteiger partial charge in [0.2, 0.25) is 0 Å². The first kappa shape index (κ1) is 27.3. The molecule has 0 N–H and O–H groups in total. The van der Waals surface area contributed by atoms with Gasteiger partial charge >= 0.3 is 0 Å². The van der Waals surface area contributed by atoms with Crippen LogP contribution in [0.4, 0.5) is 0 Å². The quantitative estimate of drug-likeness (QED) is 0.200. The number of hydrogen-bond acceptors (Lipinski definition) is 2. The highest BCUT2D eigenvalue weighted by Gasteiger charge is 2.21. The van der Waals surface area contributed by atoms with Crippen molar-refractivity contribution in [2.75, 3.05) is 0 Å². The number of aromatic nitrogens is 4. The lowest BCUT2D eigenvalue weighted by molar-refractivity contribution is 1.04. The maximum atomic E-state index is 5.32. The summed E-state index contributed by atoms with van der Waals surface area (Å²) in [4.78, 5) is 10.6. The largest absolute Gasteiger partial charge is 0.309 e. The van der Waals surface area contributed by atoms with Gasteiger partial charge in [-0.3, -0.25) is 4.57 Å². The number of para-hydroxylation sites is 3. The maximum absolute atomic E-state index is 5.32. The van der Waals surface area contributed by atoms with Crippen LogP contribution >= 0.6 is 0 Å². The molecule has 0 atom stereocenters. The van der Waals surface area contributed by atoms with Gasteiger partial charge < -0.3 is 4.57 Å². The number of rotatable bonds is 4. The van der Waals surface area contributed by atoms with E-state index in [1.54, 1.807) is 0 Å². The molecule has 6 aromatic carbocycles. The molecular formula is C43H32N4. The van der Waals surface area contributed by atoms with Gasteiger partial charge in [0.1, 0.15) is 5.82 Å². The predicted octanol–water partition coefficient (Wildman–Crippen LogP) is 10.9. The van der Waals surface area contributed by atoms with Crippen LogP contribution in [-0.4, -0.2) is 19.1 Å². The molecule has 0 unspecified atom stereocenters. The Bertz CT molecular complexity index is 2610. The van der Waals surface area contributed by atoms with E-state index >= 15 is 0 Å². The summed E-state index contributed by atoms with van der Waals surface area (Å²) >= 11 is 0. The second-order valence-corrected chi connectivity index (χ2v) is 12.5. The van der Waals surface area contributed by atoms with Crippen molar-refractivity contribution in [2.45, 2.75) is 20.8 Å². The third-order valence-corrected chi connectivity index (χ3v) is 9.51. The molecular weight excluding hydrogens is 573 g/mol. The van der Waals surface area contributed by atoms with Crippen molar-refractivity contribution >= 4 is 43.6 Å². The molecule has 47 heavy (non-hydrogen) atoms. The van der Waals surface area contributed by atoms with Crippen molar-refractivity contribution in [3.05, 3.63) is 156 Å². The third-order valence-electron chi connectivity index (χ3n) is 9.51. The van der Waals surface area contributed by atoms with E-state index in [2.05, 4.69) is 151 Å². The normalized spacial score (nSPS) is 11.7. The highest BCUT2D eigenvalue weighted by Crippen LogP contribution is 2.39. The zero-order chi connectivity index (χ0) is 31.6. The Hall–Kier alpha value is -6.00. The summed E-state index contributed by atoms with van der Waals surface area (Å²) < 4.78 is 4.70. The van der Waals surface area contributed by atoms with E-state index in [0.29, 0.717) is 5.82 Å². The van der Waals surface area contributed by atoms with Gasteiger partial charge in [-0.1, -0.05) is 96.6 Å². The molecule has 4 nitrogen and oxygen atoms in total. The summed E-state index contributed by atoms with van der Waals surface area (Å²) in [6.07, 6.45) is 0. The minimum absolute atomic E-state index is 0.696. The van der Waals surface area contributed by atoms with Crippen LogP contribution in [0.25, 0.3) is 77.8 Å². The van der Waals surface area contributed by atoms with Crippen LogP contribution in [-0.2, 0) is 0 Å². The number of benzene rings is 6. The average molecular weight is 605 g/mol. The molecule has 0 fully saturated rings. The molecule has 0 aliphatic rings. The number of nitrogens with zero attached hydrogens (tertiary/aromatic N) is 4. The molecule has 0 bridgehead atoms. The topological polar surface area (TPSA) is 35.6 Å². The van der Waals surface area contributed by atoms with Crippen LogP contribution in [0.15, 0.2) is 140 Å². The van der Waals surface area contributed by atoms with Gasteiger partial charge in [0.05, 0.1) is 33.4 Å². The Labute approximate surface area is 273 Å². The van der Waals surface area contributed by atoms with E-state index < -0.39 is 0 Å². The zero-order valence-electron chi connectivity index (χ0n) is 26.6. The highest BCUT2D eigenvalue weighted by atomic mass is 15.1. The van der Waals surface area contributed by atoms with Gasteiger partial charge in [0, 0.05) is 38.7 Å². The Balaban J connectivity index is 1.39. The molecule has 0 saturated carbocycles. The minimum atomic E-state index is 0.696. The Morgan fingerprint density at radius 2 is 1.00 bits per heavy atom. The van der Waals surface area contributed by atoms with Crippen molar-refractivity contribution < 1.29 is 0 Å². The number of fused-ring (bicyclic) bond motifs is 6. The predicted molar refractivity (Wildman–Crippen MR) is 196 cm³/mol. The summed E-state index contributed by atoms with van der Waals surface area (Å²) in [6.45, 7) is 6.54. The Morgan fingerprint density at radius 1 is 0.447 bits per heavy atom. The van der Waals surface area contributed by atoms with E-state index in [-0.39, 0.29) is 0 Å². The van der Waals surface area contributed by atoms with E-state index in [0.717, 1.165) is 39.4 Å². The first-order valence-electron chi connectivity index (χ1n) is 16.1. The highest BCUT2D eigenvalue weighted by molar-refractivity contribution is 6.10. The molecule has 4 heteroatoms. The fraction of sp³-hybridized carbons (Fsp3) is 0.0698. The third kappa shape index (κ3) is 4.29. The summed E-state index contributed by atoms with van der Waals surface area (Å²) in [6, 6.07) is 49.7. The molecule has 9 aromatic rings. The van der Waals surface area contributed by atoms with E-state index in [4.69, 9.17) is 9.97 Å². The monoisotopic (exact) mass is 604 g/mol. The Kier molecular flexibility index (Phi) is 6.12. The maximum Gasteiger partial charge on any atom is 0.162 e. The minimum Gasteiger partial charge on any atom is -0.309 e. The first-order valence-corrected chi connectivity index (χ1v) is 16.1. The summed E-state index contributed by atoms with van der Waals surface area (Å²) in [5.74, 6) is 1.54. The average Bonchev–Trinajstić information content (AvgIpc) is 3.62. The molecule has 3 aromatic heterocycles. The molecule has 224 valence electrons. The molecule has 0 saturated heterocycles. The van der Waals surface area contributed by atoms with Gasteiger partial charge in [0.15, 0.2) is 5.82 Å². The van der Waals surface area contributed by atoms with Gasteiger partial charge in [-0.05, 0) is 74.4 Å². The van der Waals surface area contributed by atoms with Crippen molar-refractivity contribution in [3.63, 3.8) is 0 Å². The second kappa shape index (κ2) is 10.5. The first-order chi connectivity index (χ1) is 23.0. The van der Waals surface area contributed by atoms with Crippen LogP contribution in [0.2, 0.25) is 0 Å². The number of hydrogen-bond donors (Lipinski definition) is 0. The lowest BCUT2D eigenvalue weighted by Gasteiger charge is -2.18. The van der Waals surface area contributed by atoms with Crippen molar-refractivity contribution in [1.82, 2.24) is 19.1 Å². The molecule has 0 aliphatic heterocycles. The van der Waals surface area contributed by atoms with E-state index in [1.807, 2.05) is 18.2 Å². The Morgan fingerprint density at radius 3 is 1.68 bits per heavy atom. The smallest absolute Gasteiger partial charge is 0.162 e. The van der Waals surface area contributed by atoms with Gasteiger partial charge in [-0.25, -0.2) is 9.97 Å². The fourth-order valence-electron chi connectivity index (χ4n) is 7.11. The lowest BCUT2D eigenvalue weighted by atomic mass is 10.0. The van der Waals surface area contributed by atoms with E-state index in [9.17, 15) is 0 Å². The SMILES string of the molecule is Cc1ccc2c(c1)c1ccccc1n2-c1cc(C)c(C)cc1-c1cc(-n2c3ccccc3c3ccccc32)nc(-c2ccccc2)n1. The summed E-state index contributed by atoms with van der Waals surface area (Å²) in [7, 11) is 0. The molecule has 0 radical (unpaired) electrons. The van der Waals surface area contributed by atoms with Crippen LogP contribution in [0.1, 0.15) is 16.7 Å². The van der Waals surface area contributed by atoms with Crippen LogP contribution in [0.3, 0.4) is 0 Å². The van der Waals surface area contributed by atoms with Crippen molar-refractivity contribution in [1.29, 1.82) is 0 Å². The van der Waals surface area contributed by atoms with Gasteiger partial charge in [-0.2, -0.15) is 0 Å². The molecule has 0 aliphatic carbocycles. The van der Waals surface area contributed by atoms with E-state index in [1.165, 1.54) is 49.3 Å². The fourth-order valence-corrected chi connectivity index (χ4v) is 7.11. The van der Waals surface area contributed by atoms with Crippen LogP contribution in [0.5, 0.6) is 0 Å². The number of aryl methyl sites for hydroxylation is 3.